The predicted octanol–water partition coefficient (Wildman–Crippen LogP) is 1.49. The van der Waals surface area contributed by atoms with Gasteiger partial charge in [-0.15, -0.1) is 6.42 Å². The summed E-state index contributed by atoms with van der Waals surface area (Å²) in [6, 6.07) is 7.98. The van der Waals surface area contributed by atoms with Gasteiger partial charge in [-0.3, -0.25) is 4.79 Å². The number of hydrogen-bond donors (Lipinski definition) is 1. The van der Waals surface area contributed by atoms with Crippen molar-refractivity contribution in [1.82, 2.24) is 0 Å². The molecular formula is C14H16N2O. The lowest BCUT2D eigenvalue weighted by Crippen LogP contribution is -2.29. The number of rotatable bonds is 3. The van der Waals surface area contributed by atoms with E-state index in [9.17, 15) is 4.79 Å². The van der Waals surface area contributed by atoms with Crippen molar-refractivity contribution in [3.63, 3.8) is 0 Å². The highest BCUT2D eigenvalue weighted by Crippen LogP contribution is 2.37. The summed E-state index contributed by atoms with van der Waals surface area (Å²) in [5.41, 5.74) is 7.81. The van der Waals surface area contributed by atoms with Gasteiger partial charge in [-0.1, -0.05) is 24.1 Å². The second kappa shape index (κ2) is 5.03. The predicted molar refractivity (Wildman–Crippen MR) is 68.7 cm³/mol. The molecule has 2 N–H and O–H groups in total. The molecule has 1 heterocycles. The topological polar surface area (TPSA) is 46.3 Å². The highest BCUT2D eigenvalue weighted by molar-refractivity contribution is 5.97. The minimum atomic E-state index is -0.000489. The van der Waals surface area contributed by atoms with E-state index < -0.39 is 0 Å². The average molecular weight is 228 g/mol. The van der Waals surface area contributed by atoms with E-state index in [0.29, 0.717) is 19.0 Å². The molecule has 1 aliphatic rings. The molecule has 0 saturated carbocycles. The quantitative estimate of drug-likeness (QED) is 0.797. The molecule has 17 heavy (non-hydrogen) atoms. The Morgan fingerprint density at radius 2 is 2.29 bits per heavy atom. The van der Waals surface area contributed by atoms with Crippen LogP contribution in [0.4, 0.5) is 5.69 Å². The molecule has 0 saturated heterocycles. The van der Waals surface area contributed by atoms with Crippen molar-refractivity contribution < 1.29 is 4.79 Å². The van der Waals surface area contributed by atoms with Crippen LogP contribution >= 0.6 is 0 Å². The van der Waals surface area contributed by atoms with E-state index in [0.717, 1.165) is 12.1 Å². The Balaban J connectivity index is 2.28. The third-order valence-electron chi connectivity index (χ3n) is 3.14. The van der Waals surface area contributed by atoms with E-state index in [-0.39, 0.29) is 12.3 Å². The molecule has 1 aromatic rings. The zero-order valence-corrected chi connectivity index (χ0v) is 9.73. The van der Waals surface area contributed by atoms with Crippen LogP contribution in [0.1, 0.15) is 24.3 Å². The molecule has 3 heteroatoms. The first-order chi connectivity index (χ1) is 8.27. The lowest BCUT2D eigenvalue weighted by molar-refractivity contribution is -0.117. The summed E-state index contributed by atoms with van der Waals surface area (Å²) in [7, 11) is 0. The lowest BCUT2D eigenvalue weighted by atomic mass is 9.98. The molecule has 1 amide bonds. The van der Waals surface area contributed by atoms with Gasteiger partial charge in [-0.2, -0.15) is 0 Å². The average Bonchev–Trinajstić information content (AvgIpc) is 2.70. The summed E-state index contributed by atoms with van der Waals surface area (Å²) < 4.78 is 0. The molecule has 1 aliphatic heterocycles. The van der Waals surface area contributed by atoms with Gasteiger partial charge in [0.15, 0.2) is 0 Å². The maximum absolute atomic E-state index is 11.9. The first-order valence-electron chi connectivity index (χ1n) is 5.80. The van der Waals surface area contributed by atoms with Crippen molar-refractivity contribution in [2.75, 3.05) is 18.0 Å². The van der Waals surface area contributed by atoms with Crippen LogP contribution in [0.25, 0.3) is 0 Å². The van der Waals surface area contributed by atoms with Crippen LogP contribution < -0.4 is 10.6 Å². The van der Waals surface area contributed by atoms with Crippen molar-refractivity contribution in [1.29, 1.82) is 0 Å². The number of carbonyl (C=O) groups excluding carboxylic acids is 1. The van der Waals surface area contributed by atoms with Crippen LogP contribution in [-0.4, -0.2) is 19.0 Å². The number of fused-ring (bicyclic) bond motifs is 1. The molecule has 1 aromatic carbocycles. The van der Waals surface area contributed by atoms with Crippen molar-refractivity contribution in [2.45, 2.75) is 18.8 Å². The number of benzene rings is 1. The van der Waals surface area contributed by atoms with Crippen LogP contribution in [-0.2, 0) is 4.79 Å². The molecule has 0 aliphatic carbocycles. The minimum Gasteiger partial charge on any atom is -0.330 e. The molecule has 2 rings (SSSR count). The number of amides is 1. The molecule has 0 bridgehead atoms. The summed E-state index contributed by atoms with van der Waals surface area (Å²) in [5, 5.41) is 0. The third kappa shape index (κ3) is 2.17. The van der Waals surface area contributed by atoms with Crippen molar-refractivity contribution in [3.05, 3.63) is 29.8 Å². The van der Waals surface area contributed by atoms with Crippen LogP contribution in [0.15, 0.2) is 24.3 Å². The zero-order chi connectivity index (χ0) is 12.3. The van der Waals surface area contributed by atoms with Crippen LogP contribution in [0.5, 0.6) is 0 Å². The summed E-state index contributed by atoms with van der Waals surface area (Å²) in [6.45, 7) is 1.34. The van der Waals surface area contributed by atoms with Crippen molar-refractivity contribution in [2.24, 2.45) is 5.73 Å². The summed E-state index contributed by atoms with van der Waals surface area (Å²) in [4.78, 5) is 13.7. The first kappa shape index (κ1) is 11.7. The molecule has 0 spiro atoms. The number of carbonyl (C=O) groups is 1. The second-order valence-corrected chi connectivity index (χ2v) is 4.22. The van der Waals surface area contributed by atoms with Gasteiger partial charge in [0.2, 0.25) is 5.91 Å². The van der Waals surface area contributed by atoms with E-state index in [1.807, 2.05) is 18.2 Å². The Hall–Kier alpha value is -1.79. The Bertz CT molecular complexity index is 462. The van der Waals surface area contributed by atoms with E-state index >= 15 is 0 Å². The van der Waals surface area contributed by atoms with Gasteiger partial charge < -0.3 is 10.6 Å². The smallest absolute Gasteiger partial charge is 0.239 e. The Morgan fingerprint density at radius 1 is 1.53 bits per heavy atom. The number of nitrogens with zero attached hydrogens (tertiary/aromatic N) is 1. The molecule has 88 valence electrons. The summed E-state index contributed by atoms with van der Waals surface area (Å²) >= 11 is 0. The zero-order valence-electron chi connectivity index (χ0n) is 9.73. The maximum Gasteiger partial charge on any atom is 0.239 e. The van der Waals surface area contributed by atoms with Gasteiger partial charge in [0, 0.05) is 18.2 Å². The van der Waals surface area contributed by atoms with E-state index in [4.69, 9.17) is 12.2 Å². The fourth-order valence-electron chi connectivity index (χ4n) is 2.36. The van der Waals surface area contributed by atoms with Crippen LogP contribution in [0, 0.1) is 12.3 Å². The fraction of sp³-hybridized carbons (Fsp3) is 0.357. The molecule has 0 radical (unpaired) electrons. The Kier molecular flexibility index (Phi) is 3.46. The van der Waals surface area contributed by atoms with Gasteiger partial charge in [-0.25, -0.2) is 0 Å². The van der Waals surface area contributed by atoms with Crippen LogP contribution in [0.3, 0.4) is 0 Å². The molecule has 0 fully saturated rings. The number of para-hydroxylation sites is 1. The SMILES string of the molecule is C#CCC(=O)N1CC(CCN)c2ccccc21. The number of terminal acetylenes is 1. The number of hydrogen-bond acceptors (Lipinski definition) is 2. The molecule has 1 atom stereocenters. The Labute approximate surface area is 102 Å². The van der Waals surface area contributed by atoms with Gasteiger partial charge in [0.25, 0.3) is 0 Å². The van der Waals surface area contributed by atoms with Crippen molar-refractivity contribution >= 4 is 11.6 Å². The lowest BCUT2D eigenvalue weighted by Gasteiger charge is -2.16. The molecule has 0 aromatic heterocycles. The van der Waals surface area contributed by atoms with Gasteiger partial charge >= 0.3 is 0 Å². The van der Waals surface area contributed by atoms with E-state index in [1.165, 1.54) is 5.56 Å². The highest BCUT2D eigenvalue weighted by atomic mass is 16.2. The van der Waals surface area contributed by atoms with E-state index in [2.05, 4.69) is 12.0 Å². The third-order valence-corrected chi connectivity index (χ3v) is 3.14. The molecular weight excluding hydrogens is 212 g/mol. The van der Waals surface area contributed by atoms with E-state index in [1.54, 1.807) is 4.90 Å². The van der Waals surface area contributed by atoms with Gasteiger partial charge in [-0.05, 0) is 24.6 Å². The molecule has 1 unspecified atom stereocenters. The van der Waals surface area contributed by atoms with Gasteiger partial charge in [0.1, 0.15) is 0 Å². The second-order valence-electron chi connectivity index (χ2n) is 4.22. The van der Waals surface area contributed by atoms with Gasteiger partial charge in [0.05, 0.1) is 6.42 Å². The minimum absolute atomic E-state index is 0.000489. The van der Waals surface area contributed by atoms with Crippen LogP contribution in [0.2, 0.25) is 0 Å². The maximum atomic E-state index is 11.9. The van der Waals surface area contributed by atoms with Crippen molar-refractivity contribution in [3.8, 4) is 12.3 Å². The Morgan fingerprint density at radius 3 is 3.00 bits per heavy atom. The summed E-state index contributed by atoms with van der Waals surface area (Å²) in [5.74, 6) is 2.75. The fourth-order valence-corrected chi connectivity index (χ4v) is 2.36. The standard InChI is InChI=1S/C14H16N2O/c1-2-5-14(17)16-10-11(8-9-15)12-6-3-4-7-13(12)16/h1,3-4,6-7,11H,5,8-10,15H2. The monoisotopic (exact) mass is 228 g/mol. The first-order valence-corrected chi connectivity index (χ1v) is 5.80. The highest BCUT2D eigenvalue weighted by Gasteiger charge is 2.30. The molecule has 3 nitrogen and oxygen atoms in total. The summed E-state index contributed by atoms with van der Waals surface area (Å²) in [6.07, 6.45) is 6.25. The number of anilines is 1. The number of nitrogens with two attached hydrogens (primary N) is 1. The normalized spacial score (nSPS) is 17.6. The largest absolute Gasteiger partial charge is 0.330 e.